The molecule has 0 heterocycles. The molecular weight excluding hydrogens is 354 g/mol. The molecule has 3 aromatic rings. The largest absolute Gasteiger partial charge is 0.507 e. The van der Waals surface area contributed by atoms with Crippen LogP contribution in [0.15, 0.2) is 54.6 Å². The minimum Gasteiger partial charge on any atom is -0.507 e. The van der Waals surface area contributed by atoms with Crippen molar-refractivity contribution in [3.63, 3.8) is 0 Å². The second kappa shape index (κ2) is 7.94. The van der Waals surface area contributed by atoms with E-state index >= 15 is 0 Å². The highest BCUT2D eigenvalue weighted by molar-refractivity contribution is 5.60. The van der Waals surface area contributed by atoms with Crippen LogP contribution in [0.2, 0.25) is 0 Å². The van der Waals surface area contributed by atoms with Gasteiger partial charge in [-0.05, 0) is 93.5 Å². The van der Waals surface area contributed by atoms with E-state index in [9.17, 15) is 5.11 Å². The summed E-state index contributed by atoms with van der Waals surface area (Å²) in [5, 5.41) is 11.0. The predicted octanol–water partition coefficient (Wildman–Crippen LogP) is 6.59. The zero-order chi connectivity index (χ0) is 21.3. The summed E-state index contributed by atoms with van der Waals surface area (Å²) in [5.74, 6) is 0.420. The van der Waals surface area contributed by atoms with Gasteiger partial charge in [0.1, 0.15) is 5.75 Å². The van der Waals surface area contributed by atoms with Crippen LogP contribution in [-0.4, -0.2) is 12.2 Å². The Morgan fingerprint density at radius 1 is 0.724 bits per heavy atom. The summed E-state index contributed by atoms with van der Waals surface area (Å²) in [6.07, 6.45) is 0.935. The van der Waals surface area contributed by atoms with Gasteiger partial charge in [-0.2, -0.15) is 0 Å². The Bertz CT molecular complexity index is 972. The van der Waals surface area contributed by atoms with Crippen LogP contribution in [0.5, 0.6) is 5.75 Å². The van der Waals surface area contributed by atoms with Crippen LogP contribution in [-0.2, 0) is 12.0 Å². The first-order chi connectivity index (χ1) is 13.6. The van der Waals surface area contributed by atoms with Gasteiger partial charge < -0.3 is 10.0 Å². The molecule has 0 aliphatic heterocycles. The summed E-state index contributed by atoms with van der Waals surface area (Å²) in [4.78, 5) is 2.26. The van der Waals surface area contributed by atoms with Crippen molar-refractivity contribution in [3.8, 4) is 5.75 Å². The topological polar surface area (TPSA) is 23.5 Å². The molecule has 0 spiro atoms. The first kappa shape index (κ1) is 21.0. The zero-order valence-electron chi connectivity index (χ0n) is 18.8. The van der Waals surface area contributed by atoms with E-state index in [4.69, 9.17) is 0 Å². The molecule has 3 rings (SSSR count). The maximum Gasteiger partial charge on any atom is 0.124 e. The number of anilines is 1. The average Bonchev–Trinajstić information content (AvgIpc) is 2.71. The van der Waals surface area contributed by atoms with Crippen molar-refractivity contribution < 1.29 is 5.11 Å². The van der Waals surface area contributed by atoms with E-state index in [1.807, 2.05) is 6.92 Å². The second-order valence-electron chi connectivity index (χ2n) is 8.67. The SMILES string of the molecule is Cc1c(C)c(C)c(C(C)(C)N(C)c2ccc(Cc3ccccc3)cc2)c(O)c1C. The van der Waals surface area contributed by atoms with Crippen LogP contribution in [0.1, 0.15) is 52.8 Å². The second-order valence-corrected chi connectivity index (χ2v) is 8.67. The molecule has 0 radical (unpaired) electrons. The number of phenols is 1. The molecular formula is C27H33NO. The highest BCUT2D eigenvalue weighted by atomic mass is 16.3. The van der Waals surface area contributed by atoms with Crippen LogP contribution >= 0.6 is 0 Å². The molecule has 2 nitrogen and oxygen atoms in total. The van der Waals surface area contributed by atoms with Gasteiger partial charge in [0.15, 0.2) is 0 Å². The summed E-state index contributed by atoms with van der Waals surface area (Å²) in [6.45, 7) is 12.7. The van der Waals surface area contributed by atoms with E-state index in [0.717, 1.165) is 23.2 Å². The van der Waals surface area contributed by atoms with Crippen molar-refractivity contribution in [1.29, 1.82) is 0 Å². The molecule has 0 aliphatic rings. The Hall–Kier alpha value is -2.74. The van der Waals surface area contributed by atoms with Gasteiger partial charge in [-0.25, -0.2) is 0 Å². The molecule has 0 aromatic heterocycles. The van der Waals surface area contributed by atoms with Gasteiger partial charge >= 0.3 is 0 Å². The van der Waals surface area contributed by atoms with Crippen molar-refractivity contribution in [2.75, 3.05) is 11.9 Å². The van der Waals surface area contributed by atoms with Gasteiger partial charge in [0.05, 0.1) is 5.54 Å². The summed E-state index contributed by atoms with van der Waals surface area (Å²) in [5.41, 5.74) is 8.99. The minimum atomic E-state index is -0.349. The average molecular weight is 388 g/mol. The first-order valence-corrected chi connectivity index (χ1v) is 10.3. The summed E-state index contributed by atoms with van der Waals surface area (Å²) >= 11 is 0. The van der Waals surface area contributed by atoms with Crippen LogP contribution in [0.4, 0.5) is 5.69 Å². The lowest BCUT2D eigenvalue weighted by atomic mass is 9.82. The van der Waals surface area contributed by atoms with Crippen molar-refractivity contribution in [3.05, 3.63) is 93.5 Å². The number of hydrogen-bond acceptors (Lipinski definition) is 2. The molecule has 3 aromatic carbocycles. The van der Waals surface area contributed by atoms with Gasteiger partial charge in [-0.15, -0.1) is 0 Å². The third-order valence-electron chi connectivity index (χ3n) is 6.68. The van der Waals surface area contributed by atoms with Crippen LogP contribution in [0.3, 0.4) is 0 Å². The number of nitrogens with zero attached hydrogens (tertiary/aromatic N) is 1. The maximum absolute atomic E-state index is 11.0. The van der Waals surface area contributed by atoms with Crippen LogP contribution in [0, 0.1) is 27.7 Å². The molecule has 2 heteroatoms. The monoisotopic (exact) mass is 387 g/mol. The number of benzene rings is 3. The molecule has 0 atom stereocenters. The number of hydrogen-bond donors (Lipinski definition) is 1. The van der Waals surface area contributed by atoms with E-state index in [-0.39, 0.29) is 5.54 Å². The predicted molar refractivity (Wildman–Crippen MR) is 124 cm³/mol. The third kappa shape index (κ3) is 3.89. The fourth-order valence-electron chi connectivity index (χ4n) is 4.20. The highest BCUT2D eigenvalue weighted by Gasteiger charge is 2.32. The molecule has 29 heavy (non-hydrogen) atoms. The number of phenolic OH excluding ortho intramolecular Hbond substituents is 1. The molecule has 1 N–H and O–H groups in total. The fraction of sp³-hybridized carbons (Fsp3) is 0.333. The molecule has 0 fully saturated rings. The molecule has 0 amide bonds. The quantitative estimate of drug-likeness (QED) is 0.534. The lowest BCUT2D eigenvalue weighted by molar-refractivity contribution is 0.425. The Labute approximate surface area is 175 Å². The number of aromatic hydroxyl groups is 1. The lowest BCUT2D eigenvalue weighted by Crippen LogP contribution is -2.39. The zero-order valence-corrected chi connectivity index (χ0v) is 18.8. The van der Waals surface area contributed by atoms with Crippen molar-refractivity contribution >= 4 is 5.69 Å². The third-order valence-corrected chi connectivity index (χ3v) is 6.68. The Morgan fingerprint density at radius 3 is 1.83 bits per heavy atom. The Balaban J connectivity index is 1.93. The molecule has 0 unspecified atom stereocenters. The smallest absolute Gasteiger partial charge is 0.124 e. The molecule has 152 valence electrons. The highest BCUT2D eigenvalue weighted by Crippen LogP contribution is 2.42. The van der Waals surface area contributed by atoms with Crippen molar-refractivity contribution in [2.45, 2.75) is 53.5 Å². The summed E-state index contributed by atoms with van der Waals surface area (Å²) in [7, 11) is 2.11. The van der Waals surface area contributed by atoms with E-state index in [2.05, 4.69) is 101 Å². The van der Waals surface area contributed by atoms with Gasteiger partial charge in [0.2, 0.25) is 0 Å². The first-order valence-electron chi connectivity index (χ1n) is 10.3. The molecule has 0 saturated heterocycles. The van der Waals surface area contributed by atoms with Crippen molar-refractivity contribution in [1.82, 2.24) is 0 Å². The van der Waals surface area contributed by atoms with Gasteiger partial charge in [0, 0.05) is 18.3 Å². The van der Waals surface area contributed by atoms with Crippen molar-refractivity contribution in [2.24, 2.45) is 0 Å². The molecule has 0 bridgehead atoms. The Kier molecular flexibility index (Phi) is 5.75. The van der Waals surface area contributed by atoms with Gasteiger partial charge in [0.25, 0.3) is 0 Å². The normalized spacial score (nSPS) is 11.6. The summed E-state index contributed by atoms with van der Waals surface area (Å²) in [6, 6.07) is 19.3. The standard InChI is InChI=1S/C27H33NO/c1-18-19(2)21(4)26(29)25(20(18)3)27(5,6)28(7)24-15-13-23(14-16-24)17-22-11-9-8-10-12-22/h8-16,29H,17H2,1-7H3. The summed E-state index contributed by atoms with van der Waals surface area (Å²) < 4.78 is 0. The maximum atomic E-state index is 11.0. The number of rotatable bonds is 5. The van der Waals surface area contributed by atoms with E-state index < -0.39 is 0 Å². The van der Waals surface area contributed by atoms with Crippen LogP contribution < -0.4 is 4.90 Å². The molecule has 0 saturated carbocycles. The lowest BCUT2D eigenvalue weighted by Gasteiger charge is -2.40. The fourth-order valence-corrected chi connectivity index (χ4v) is 4.20. The molecule has 0 aliphatic carbocycles. The van der Waals surface area contributed by atoms with Crippen LogP contribution in [0.25, 0.3) is 0 Å². The van der Waals surface area contributed by atoms with E-state index in [1.54, 1.807) is 0 Å². The Morgan fingerprint density at radius 2 is 1.24 bits per heavy atom. The van der Waals surface area contributed by atoms with Gasteiger partial charge in [-0.3, -0.25) is 0 Å². The van der Waals surface area contributed by atoms with E-state index in [1.165, 1.54) is 27.8 Å². The minimum absolute atomic E-state index is 0.349. The van der Waals surface area contributed by atoms with E-state index in [0.29, 0.717) is 5.75 Å². The van der Waals surface area contributed by atoms with Gasteiger partial charge in [-0.1, -0.05) is 42.5 Å².